The average Bonchev–Trinajstić information content (AvgIpc) is 3.46. The molecule has 0 bridgehead atoms. The molecule has 7 nitrogen and oxygen atoms in total. The molecular weight excluding hydrogens is 416 g/mol. The fraction of sp³-hybridized carbons (Fsp3) is 0.538. The van der Waals surface area contributed by atoms with Crippen molar-refractivity contribution in [1.82, 2.24) is 20.0 Å². The zero-order valence-electron chi connectivity index (χ0n) is 19.2. The van der Waals surface area contributed by atoms with E-state index in [-0.39, 0.29) is 11.8 Å². The molecule has 2 saturated heterocycles. The van der Waals surface area contributed by atoms with E-state index in [1.54, 1.807) is 12.1 Å². The molecule has 2 aliphatic heterocycles. The van der Waals surface area contributed by atoms with Crippen LogP contribution in [0.1, 0.15) is 44.8 Å². The number of fused-ring (bicyclic) bond motifs is 4. The van der Waals surface area contributed by atoms with Crippen molar-refractivity contribution in [3.8, 4) is 5.88 Å². The molecule has 1 aromatic heterocycles. The van der Waals surface area contributed by atoms with Gasteiger partial charge in [-0.15, -0.1) is 10.2 Å². The van der Waals surface area contributed by atoms with E-state index in [0.717, 1.165) is 37.3 Å². The number of hydrogen-bond acceptors (Lipinski definition) is 5. The number of aryl methyl sites for hydroxylation is 2. The van der Waals surface area contributed by atoms with E-state index >= 15 is 0 Å². The van der Waals surface area contributed by atoms with Crippen LogP contribution in [0.2, 0.25) is 0 Å². The van der Waals surface area contributed by atoms with E-state index in [1.165, 1.54) is 18.4 Å². The molecule has 0 radical (unpaired) electrons. The number of carbonyl (C=O) groups excluding carboxylic acids is 2. The van der Waals surface area contributed by atoms with E-state index in [9.17, 15) is 9.59 Å². The molecule has 2 aliphatic carbocycles. The maximum absolute atomic E-state index is 13.1. The van der Waals surface area contributed by atoms with E-state index in [2.05, 4.69) is 24.0 Å². The van der Waals surface area contributed by atoms with Gasteiger partial charge in [0.15, 0.2) is 5.69 Å². The Kier molecular flexibility index (Phi) is 4.89. The van der Waals surface area contributed by atoms with Crippen LogP contribution in [0.25, 0.3) is 0 Å². The van der Waals surface area contributed by atoms with Crippen molar-refractivity contribution in [3.05, 3.63) is 52.7 Å². The van der Waals surface area contributed by atoms with Gasteiger partial charge in [-0.3, -0.25) is 9.59 Å². The molecular formula is C26H30N4O3. The summed E-state index contributed by atoms with van der Waals surface area (Å²) in [5.41, 5.74) is 3.52. The van der Waals surface area contributed by atoms with E-state index in [1.807, 2.05) is 28.0 Å². The van der Waals surface area contributed by atoms with Gasteiger partial charge in [-0.2, -0.15) is 0 Å². The van der Waals surface area contributed by atoms with Gasteiger partial charge in [0.05, 0.1) is 6.61 Å². The molecule has 6 rings (SSSR count). The van der Waals surface area contributed by atoms with Crippen molar-refractivity contribution in [2.45, 2.75) is 26.7 Å². The molecule has 0 N–H and O–H groups in total. The molecule has 2 amide bonds. The van der Waals surface area contributed by atoms with Crippen molar-refractivity contribution in [2.24, 2.45) is 29.6 Å². The number of ether oxygens (including phenoxy) is 1. The number of hydrogen-bond donors (Lipinski definition) is 0. The van der Waals surface area contributed by atoms with Crippen LogP contribution in [0.5, 0.6) is 5.88 Å². The first-order chi connectivity index (χ1) is 16.0. The van der Waals surface area contributed by atoms with Crippen LogP contribution >= 0.6 is 0 Å². The summed E-state index contributed by atoms with van der Waals surface area (Å²) in [5.74, 6) is 3.17. The molecule has 7 heteroatoms. The lowest BCUT2D eigenvalue weighted by molar-refractivity contribution is 0.0629. The topological polar surface area (TPSA) is 75.6 Å². The smallest absolute Gasteiger partial charge is 0.274 e. The lowest BCUT2D eigenvalue weighted by Crippen LogP contribution is -2.44. The number of nitrogens with zero attached hydrogens (tertiary/aromatic N) is 4. The van der Waals surface area contributed by atoms with Gasteiger partial charge in [-0.25, -0.2) is 0 Å². The van der Waals surface area contributed by atoms with Crippen molar-refractivity contribution in [3.63, 3.8) is 0 Å². The Hall–Kier alpha value is -2.96. The third-order valence-electron chi connectivity index (χ3n) is 8.28. The molecule has 4 aliphatic rings. The highest BCUT2D eigenvalue weighted by molar-refractivity contribution is 5.95. The summed E-state index contributed by atoms with van der Waals surface area (Å²) in [7, 11) is 0. The summed E-state index contributed by atoms with van der Waals surface area (Å²) in [5, 5.41) is 8.21. The van der Waals surface area contributed by atoms with Gasteiger partial charge in [-0.05, 0) is 85.6 Å². The molecule has 172 valence electrons. The minimum atomic E-state index is -0.0493. The summed E-state index contributed by atoms with van der Waals surface area (Å²) < 4.78 is 5.63. The number of rotatable bonds is 5. The Morgan fingerprint density at radius 2 is 1.48 bits per heavy atom. The number of amides is 2. The van der Waals surface area contributed by atoms with E-state index < -0.39 is 0 Å². The Morgan fingerprint density at radius 1 is 0.848 bits per heavy atom. The summed E-state index contributed by atoms with van der Waals surface area (Å²) in [6.07, 6.45) is 2.45. The molecule has 3 heterocycles. The highest BCUT2D eigenvalue weighted by Gasteiger charge is 2.59. The van der Waals surface area contributed by atoms with Crippen LogP contribution in [-0.4, -0.2) is 64.6 Å². The molecule has 33 heavy (non-hydrogen) atoms. The van der Waals surface area contributed by atoms with Gasteiger partial charge in [0.1, 0.15) is 0 Å². The molecule has 4 atom stereocenters. The quantitative estimate of drug-likeness (QED) is 0.706. The van der Waals surface area contributed by atoms with Gasteiger partial charge < -0.3 is 14.5 Å². The van der Waals surface area contributed by atoms with Crippen LogP contribution in [0.3, 0.4) is 0 Å². The second-order valence-corrected chi connectivity index (χ2v) is 10.4. The fourth-order valence-electron chi connectivity index (χ4n) is 5.92. The van der Waals surface area contributed by atoms with Crippen LogP contribution < -0.4 is 4.74 Å². The van der Waals surface area contributed by atoms with Crippen LogP contribution in [0, 0.1) is 43.4 Å². The first-order valence-corrected chi connectivity index (χ1v) is 12.1. The number of aromatic nitrogens is 2. The summed E-state index contributed by atoms with van der Waals surface area (Å²) in [4.78, 5) is 30.0. The van der Waals surface area contributed by atoms with Gasteiger partial charge in [0, 0.05) is 37.8 Å². The van der Waals surface area contributed by atoms with Crippen molar-refractivity contribution in [1.29, 1.82) is 0 Å². The monoisotopic (exact) mass is 446 g/mol. The van der Waals surface area contributed by atoms with Crippen molar-refractivity contribution >= 4 is 11.8 Å². The van der Waals surface area contributed by atoms with E-state index in [0.29, 0.717) is 47.8 Å². The minimum absolute atomic E-state index is 0.0493. The Bertz CT molecular complexity index is 1080. The molecule has 4 fully saturated rings. The number of carbonyl (C=O) groups is 2. The molecule has 0 spiro atoms. The first-order valence-electron chi connectivity index (χ1n) is 12.1. The minimum Gasteiger partial charge on any atom is -0.476 e. The maximum atomic E-state index is 13.1. The van der Waals surface area contributed by atoms with Crippen molar-refractivity contribution in [2.75, 3.05) is 32.8 Å². The van der Waals surface area contributed by atoms with E-state index in [4.69, 9.17) is 4.74 Å². The standard InChI is InChI=1S/C26H30N4O3/c1-15-3-6-18(9-16(15)2)25(31)29-10-19-20(11-29)22-13-30(12-21(19)22)26(32)23-7-8-24(28-27-23)33-14-17-4-5-17/h3,6-9,17,19-22H,4-5,10-14H2,1-2H3/t19-,20+,21+,22-. The van der Waals surface area contributed by atoms with Crippen LogP contribution in [0.4, 0.5) is 0 Å². The third-order valence-corrected chi connectivity index (χ3v) is 8.28. The van der Waals surface area contributed by atoms with Crippen LogP contribution in [0.15, 0.2) is 30.3 Å². The Morgan fingerprint density at radius 3 is 2.03 bits per heavy atom. The van der Waals surface area contributed by atoms with Gasteiger partial charge in [-0.1, -0.05) is 6.07 Å². The van der Waals surface area contributed by atoms with Crippen molar-refractivity contribution < 1.29 is 14.3 Å². The maximum Gasteiger partial charge on any atom is 0.274 e. The Balaban J connectivity index is 1.06. The third kappa shape index (κ3) is 3.67. The fourth-order valence-corrected chi connectivity index (χ4v) is 5.92. The van der Waals surface area contributed by atoms with Gasteiger partial charge in [0.25, 0.3) is 11.8 Å². The zero-order valence-corrected chi connectivity index (χ0v) is 19.2. The first kappa shape index (κ1) is 20.6. The largest absolute Gasteiger partial charge is 0.476 e. The van der Waals surface area contributed by atoms with Gasteiger partial charge in [0.2, 0.25) is 5.88 Å². The highest BCUT2D eigenvalue weighted by Crippen LogP contribution is 2.54. The molecule has 2 saturated carbocycles. The Labute approximate surface area is 194 Å². The average molecular weight is 447 g/mol. The predicted octanol–water partition coefficient (Wildman–Crippen LogP) is 2.97. The lowest BCUT2D eigenvalue weighted by atomic mass is 9.60. The summed E-state index contributed by atoms with van der Waals surface area (Å²) in [6, 6.07) is 9.44. The molecule has 2 aromatic rings. The molecule has 0 unspecified atom stereocenters. The second kappa shape index (κ2) is 7.82. The number of benzene rings is 1. The number of likely N-dealkylation sites (tertiary alicyclic amines) is 2. The SMILES string of the molecule is Cc1ccc(C(=O)N2C[C@@H]3[C@H](C2)[C@H]2CN(C(=O)c4ccc(OCC5CC5)nn4)C[C@@H]32)cc1C. The molecule has 1 aromatic carbocycles. The summed E-state index contributed by atoms with van der Waals surface area (Å²) >= 11 is 0. The van der Waals surface area contributed by atoms with Crippen LogP contribution in [-0.2, 0) is 0 Å². The second-order valence-electron chi connectivity index (χ2n) is 10.4. The lowest BCUT2D eigenvalue weighted by Gasteiger charge is -2.42. The highest BCUT2D eigenvalue weighted by atomic mass is 16.5. The predicted molar refractivity (Wildman–Crippen MR) is 122 cm³/mol. The van der Waals surface area contributed by atoms with Gasteiger partial charge >= 0.3 is 0 Å². The zero-order chi connectivity index (χ0) is 22.7. The normalized spacial score (nSPS) is 27.7. The summed E-state index contributed by atoms with van der Waals surface area (Å²) in [6.45, 7) is 7.89.